The predicted octanol–water partition coefficient (Wildman–Crippen LogP) is -0.0653. The second-order valence-corrected chi connectivity index (χ2v) is 2.35. The van der Waals surface area contributed by atoms with Crippen LogP contribution in [0.4, 0.5) is 0 Å². The van der Waals surface area contributed by atoms with E-state index in [9.17, 15) is 0 Å². The maximum absolute atomic E-state index is 5.32. The fourth-order valence-electron chi connectivity index (χ4n) is 1.13. The van der Waals surface area contributed by atoms with E-state index in [0.29, 0.717) is 6.61 Å². The molecule has 0 spiro atoms. The van der Waals surface area contributed by atoms with Crippen LogP contribution in [0.1, 0.15) is 0 Å². The SMILES string of the molecule is C1=CC2=C(NCNC2)OC1. The van der Waals surface area contributed by atoms with E-state index in [-0.39, 0.29) is 0 Å². The molecule has 3 nitrogen and oxygen atoms in total. The van der Waals surface area contributed by atoms with E-state index in [1.165, 1.54) is 5.57 Å². The third kappa shape index (κ3) is 0.885. The maximum Gasteiger partial charge on any atom is 0.192 e. The monoisotopic (exact) mass is 138 g/mol. The van der Waals surface area contributed by atoms with Crippen molar-refractivity contribution in [3.8, 4) is 0 Å². The van der Waals surface area contributed by atoms with Crippen molar-refractivity contribution in [3.63, 3.8) is 0 Å². The molecule has 0 saturated heterocycles. The summed E-state index contributed by atoms with van der Waals surface area (Å²) in [5, 5.41) is 6.30. The van der Waals surface area contributed by atoms with Gasteiger partial charge in [-0.15, -0.1) is 0 Å². The van der Waals surface area contributed by atoms with Gasteiger partial charge in [0, 0.05) is 12.1 Å². The number of rotatable bonds is 0. The molecule has 0 amide bonds. The molecule has 0 aromatic rings. The van der Waals surface area contributed by atoms with Gasteiger partial charge in [0.25, 0.3) is 0 Å². The van der Waals surface area contributed by atoms with Crippen LogP contribution >= 0.6 is 0 Å². The Bertz CT molecular complexity index is 196. The van der Waals surface area contributed by atoms with E-state index in [2.05, 4.69) is 16.7 Å². The smallest absolute Gasteiger partial charge is 0.192 e. The summed E-state index contributed by atoms with van der Waals surface area (Å²) in [5.41, 5.74) is 1.22. The van der Waals surface area contributed by atoms with Crippen LogP contribution in [0.3, 0.4) is 0 Å². The van der Waals surface area contributed by atoms with Crippen LogP contribution < -0.4 is 10.6 Å². The minimum absolute atomic E-state index is 0.700. The second-order valence-electron chi connectivity index (χ2n) is 2.35. The van der Waals surface area contributed by atoms with E-state index in [1.807, 2.05) is 6.08 Å². The molecular weight excluding hydrogens is 128 g/mol. The van der Waals surface area contributed by atoms with Crippen molar-refractivity contribution >= 4 is 0 Å². The molecule has 2 heterocycles. The van der Waals surface area contributed by atoms with Crippen LogP contribution in [-0.2, 0) is 4.74 Å². The van der Waals surface area contributed by atoms with Crippen LogP contribution in [-0.4, -0.2) is 19.8 Å². The van der Waals surface area contributed by atoms with E-state index < -0.39 is 0 Å². The number of hydrogen-bond donors (Lipinski definition) is 2. The lowest BCUT2D eigenvalue weighted by Crippen LogP contribution is -2.38. The van der Waals surface area contributed by atoms with Gasteiger partial charge in [-0.3, -0.25) is 5.32 Å². The zero-order valence-electron chi connectivity index (χ0n) is 5.68. The Morgan fingerprint density at radius 1 is 1.50 bits per heavy atom. The molecule has 0 aromatic heterocycles. The van der Waals surface area contributed by atoms with Crippen molar-refractivity contribution in [2.75, 3.05) is 19.8 Å². The molecule has 0 radical (unpaired) electrons. The Morgan fingerprint density at radius 3 is 3.40 bits per heavy atom. The Kier molecular flexibility index (Phi) is 1.36. The first kappa shape index (κ1) is 5.80. The highest BCUT2D eigenvalue weighted by Gasteiger charge is 2.11. The topological polar surface area (TPSA) is 33.3 Å². The summed E-state index contributed by atoms with van der Waals surface area (Å²) < 4.78 is 5.32. The highest BCUT2D eigenvalue weighted by Crippen LogP contribution is 2.11. The molecular formula is C7H10N2O. The first-order chi connectivity index (χ1) is 4.97. The number of ether oxygens (including phenoxy) is 1. The lowest BCUT2D eigenvalue weighted by Gasteiger charge is -2.23. The van der Waals surface area contributed by atoms with E-state index in [4.69, 9.17) is 4.74 Å². The summed E-state index contributed by atoms with van der Waals surface area (Å²) in [5.74, 6) is 0.946. The zero-order chi connectivity index (χ0) is 6.81. The summed E-state index contributed by atoms with van der Waals surface area (Å²) >= 11 is 0. The van der Waals surface area contributed by atoms with Gasteiger partial charge in [-0.25, -0.2) is 0 Å². The van der Waals surface area contributed by atoms with Crippen LogP contribution in [0, 0.1) is 0 Å². The number of hydrogen-bond acceptors (Lipinski definition) is 3. The molecule has 0 aliphatic carbocycles. The first-order valence-electron chi connectivity index (χ1n) is 3.44. The first-order valence-corrected chi connectivity index (χ1v) is 3.44. The number of nitrogens with one attached hydrogen (secondary N) is 2. The molecule has 2 aliphatic rings. The van der Waals surface area contributed by atoms with Crippen molar-refractivity contribution in [2.45, 2.75) is 0 Å². The lowest BCUT2D eigenvalue weighted by molar-refractivity contribution is 0.205. The van der Waals surface area contributed by atoms with Crippen molar-refractivity contribution in [3.05, 3.63) is 23.6 Å². The van der Waals surface area contributed by atoms with Crippen LogP contribution in [0.2, 0.25) is 0 Å². The summed E-state index contributed by atoms with van der Waals surface area (Å²) in [7, 11) is 0. The van der Waals surface area contributed by atoms with Crippen LogP contribution in [0.25, 0.3) is 0 Å². The van der Waals surface area contributed by atoms with Crippen LogP contribution in [0.15, 0.2) is 23.6 Å². The fourth-order valence-corrected chi connectivity index (χ4v) is 1.13. The van der Waals surface area contributed by atoms with Gasteiger partial charge in [-0.2, -0.15) is 0 Å². The van der Waals surface area contributed by atoms with E-state index in [0.717, 1.165) is 19.1 Å². The average molecular weight is 138 g/mol. The molecule has 2 N–H and O–H groups in total. The molecule has 10 heavy (non-hydrogen) atoms. The molecule has 2 aliphatic heterocycles. The van der Waals surface area contributed by atoms with E-state index >= 15 is 0 Å². The van der Waals surface area contributed by atoms with Gasteiger partial charge < -0.3 is 10.1 Å². The van der Waals surface area contributed by atoms with Gasteiger partial charge in [-0.05, 0) is 6.08 Å². The highest BCUT2D eigenvalue weighted by atomic mass is 16.5. The van der Waals surface area contributed by atoms with Gasteiger partial charge in [0.2, 0.25) is 0 Å². The normalized spacial score (nSPS) is 23.2. The third-order valence-electron chi connectivity index (χ3n) is 1.62. The third-order valence-corrected chi connectivity index (χ3v) is 1.62. The minimum atomic E-state index is 0.700. The molecule has 0 saturated carbocycles. The molecule has 2 rings (SSSR count). The van der Waals surface area contributed by atoms with Crippen LogP contribution in [0.5, 0.6) is 0 Å². The van der Waals surface area contributed by atoms with Gasteiger partial charge in [0.15, 0.2) is 5.88 Å². The molecule has 3 heteroatoms. The fraction of sp³-hybridized carbons (Fsp3) is 0.429. The van der Waals surface area contributed by atoms with Gasteiger partial charge in [-0.1, -0.05) is 6.08 Å². The molecule has 0 aromatic carbocycles. The Labute approximate surface area is 59.8 Å². The molecule has 0 fully saturated rings. The molecule has 54 valence electrons. The highest BCUT2D eigenvalue weighted by molar-refractivity contribution is 5.27. The minimum Gasteiger partial charge on any atom is -0.475 e. The van der Waals surface area contributed by atoms with Crippen molar-refractivity contribution < 1.29 is 4.74 Å². The van der Waals surface area contributed by atoms with Crippen molar-refractivity contribution in [2.24, 2.45) is 0 Å². The quantitative estimate of drug-likeness (QED) is 0.492. The predicted molar refractivity (Wildman–Crippen MR) is 38.1 cm³/mol. The van der Waals surface area contributed by atoms with Gasteiger partial charge in [0.1, 0.15) is 6.61 Å². The van der Waals surface area contributed by atoms with Gasteiger partial charge >= 0.3 is 0 Å². The largest absolute Gasteiger partial charge is 0.475 e. The van der Waals surface area contributed by atoms with Crippen molar-refractivity contribution in [1.29, 1.82) is 0 Å². The summed E-state index contributed by atoms with van der Waals surface area (Å²) in [4.78, 5) is 0. The van der Waals surface area contributed by atoms with Gasteiger partial charge in [0.05, 0.1) is 6.67 Å². The maximum atomic E-state index is 5.32. The van der Waals surface area contributed by atoms with E-state index in [1.54, 1.807) is 0 Å². The Hall–Kier alpha value is -0.960. The molecule has 0 atom stereocenters. The molecule has 0 unspecified atom stereocenters. The standard InChI is InChI=1S/C7H10N2O/c1-2-6-4-8-5-9-7(6)10-3-1/h1-2,8-9H,3-5H2. The average Bonchev–Trinajstić information content (AvgIpc) is 2.05. The second kappa shape index (κ2) is 2.34. The summed E-state index contributed by atoms with van der Waals surface area (Å²) in [6, 6.07) is 0. The zero-order valence-corrected chi connectivity index (χ0v) is 5.68. The van der Waals surface area contributed by atoms with Crippen molar-refractivity contribution in [1.82, 2.24) is 10.6 Å². The molecule has 0 bridgehead atoms. The lowest BCUT2D eigenvalue weighted by atomic mass is 10.2. The summed E-state index contributed by atoms with van der Waals surface area (Å²) in [6.45, 7) is 2.43. The Morgan fingerprint density at radius 2 is 2.50 bits per heavy atom. The Balaban J connectivity index is 2.23. The summed E-state index contributed by atoms with van der Waals surface area (Å²) in [6.07, 6.45) is 4.12.